The summed E-state index contributed by atoms with van der Waals surface area (Å²) in [5.41, 5.74) is 4.80. The van der Waals surface area contributed by atoms with E-state index in [9.17, 15) is 0 Å². The molecule has 0 aromatic heterocycles. The van der Waals surface area contributed by atoms with Crippen molar-refractivity contribution in [1.82, 2.24) is 0 Å². The summed E-state index contributed by atoms with van der Waals surface area (Å²) in [6.45, 7) is -0.0440. The van der Waals surface area contributed by atoms with Gasteiger partial charge in [0.05, 0.1) is 0 Å². The second-order valence-corrected chi connectivity index (χ2v) is 1.08. The van der Waals surface area contributed by atoms with Crippen molar-refractivity contribution in [1.29, 1.82) is 0 Å². The van der Waals surface area contributed by atoms with Gasteiger partial charge in [-0.1, -0.05) is 0 Å². The molecule has 0 fully saturated rings. The standard InChI is InChI=1S/C3H9NO2/c4-3(6)1-2-5/h3,5-6H,1-2,4H2/t3-/m0/s1. The van der Waals surface area contributed by atoms with Gasteiger partial charge in [-0.15, -0.1) is 0 Å². The van der Waals surface area contributed by atoms with Gasteiger partial charge in [0.1, 0.15) is 6.23 Å². The minimum atomic E-state index is -0.852. The molecule has 1 atom stereocenters. The fraction of sp³-hybridized carbons (Fsp3) is 1.00. The second-order valence-electron chi connectivity index (χ2n) is 1.08. The highest BCUT2D eigenvalue weighted by Crippen LogP contribution is 1.75. The Balaban J connectivity index is 2.63. The normalized spacial score (nSPS) is 14.5. The van der Waals surface area contributed by atoms with Crippen LogP contribution in [0.1, 0.15) is 6.42 Å². The van der Waals surface area contributed by atoms with E-state index in [2.05, 4.69) is 0 Å². The third kappa shape index (κ3) is 3.88. The number of aliphatic hydroxyl groups excluding tert-OH is 2. The number of hydrogen-bond donors (Lipinski definition) is 3. The van der Waals surface area contributed by atoms with Crippen LogP contribution in [0, 0.1) is 0 Å². The first-order valence-corrected chi connectivity index (χ1v) is 1.82. The van der Waals surface area contributed by atoms with Crippen molar-refractivity contribution >= 4 is 0 Å². The van der Waals surface area contributed by atoms with Crippen molar-refractivity contribution in [2.45, 2.75) is 12.6 Å². The van der Waals surface area contributed by atoms with Gasteiger partial charge >= 0.3 is 0 Å². The van der Waals surface area contributed by atoms with Crippen LogP contribution in [0.5, 0.6) is 0 Å². The predicted octanol–water partition coefficient (Wildman–Crippen LogP) is -1.35. The molecular weight excluding hydrogens is 82.0 g/mol. The lowest BCUT2D eigenvalue weighted by molar-refractivity contribution is 0.139. The molecule has 4 N–H and O–H groups in total. The molecule has 0 saturated carbocycles. The second kappa shape index (κ2) is 3.08. The van der Waals surface area contributed by atoms with Crippen LogP contribution in [0.3, 0.4) is 0 Å². The Labute approximate surface area is 36.4 Å². The van der Waals surface area contributed by atoms with Crippen LogP contribution in [0.4, 0.5) is 0 Å². The maximum atomic E-state index is 8.17. The first kappa shape index (κ1) is 5.88. The molecule has 0 heterocycles. The van der Waals surface area contributed by atoms with Gasteiger partial charge in [-0.05, 0) is 0 Å². The largest absolute Gasteiger partial charge is 0.396 e. The van der Waals surface area contributed by atoms with Crippen LogP contribution in [0.15, 0.2) is 0 Å². The Bertz CT molecular complexity index is 30.0. The van der Waals surface area contributed by atoms with Gasteiger partial charge in [0.25, 0.3) is 0 Å². The summed E-state index contributed by atoms with van der Waals surface area (Å²) in [4.78, 5) is 0. The summed E-state index contributed by atoms with van der Waals surface area (Å²) in [6, 6.07) is 0. The van der Waals surface area contributed by atoms with Crippen molar-refractivity contribution in [3.63, 3.8) is 0 Å². The Morgan fingerprint density at radius 1 is 1.67 bits per heavy atom. The minimum absolute atomic E-state index is 0.0440. The van der Waals surface area contributed by atoms with E-state index < -0.39 is 6.23 Å². The summed E-state index contributed by atoms with van der Waals surface area (Å²) in [7, 11) is 0. The van der Waals surface area contributed by atoms with Crippen molar-refractivity contribution in [3.05, 3.63) is 0 Å². The molecule has 0 radical (unpaired) electrons. The molecule has 3 nitrogen and oxygen atoms in total. The molecule has 0 aromatic rings. The van der Waals surface area contributed by atoms with Crippen LogP contribution in [0.25, 0.3) is 0 Å². The topological polar surface area (TPSA) is 66.5 Å². The molecule has 0 bridgehead atoms. The summed E-state index contributed by atoms with van der Waals surface area (Å²) in [5.74, 6) is 0. The molecule has 0 aliphatic carbocycles. The Morgan fingerprint density at radius 3 is 2.17 bits per heavy atom. The Morgan fingerprint density at radius 2 is 2.17 bits per heavy atom. The van der Waals surface area contributed by atoms with Gasteiger partial charge in [-0.3, -0.25) is 0 Å². The van der Waals surface area contributed by atoms with Gasteiger partial charge in [0.15, 0.2) is 0 Å². The first-order valence-electron chi connectivity index (χ1n) is 1.82. The average Bonchev–Trinajstić information content (AvgIpc) is 1.35. The summed E-state index contributed by atoms with van der Waals surface area (Å²) >= 11 is 0. The van der Waals surface area contributed by atoms with Gasteiger partial charge < -0.3 is 15.9 Å². The van der Waals surface area contributed by atoms with Crippen molar-refractivity contribution in [2.75, 3.05) is 6.61 Å². The highest BCUT2D eigenvalue weighted by Gasteiger charge is 1.88. The Kier molecular flexibility index (Phi) is 3.02. The monoisotopic (exact) mass is 91.1 g/mol. The van der Waals surface area contributed by atoms with E-state index in [0.717, 1.165) is 0 Å². The lowest BCUT2D eigenvalue weighted by atomic mass is 10.4. The summed E-state index contributed by atoms with van der Waals surface area (Å²) in [6.07, 6.45) is -0.588. The van der Waals surface area contributed by atoms with Gasteiger partial charge in [-0.2, -0.15) is 0 Å². The maximum absolute atomic E-state index is 8.17. The van der Waals surface area contributed by atoms with Crippen molar-refractivity contribution < 1.29 is 10.2 Å². The van der Waals surface area contributed by atoms with Crippen molar-refractivity contribution in [2.24, 2.45) is 5.73 Å². The van der Waals surface area contributed by atoms with Gasteiger partial charge in [-0.25, -0.2) is 0 Å². The zero-order chi connectivity index (χ0) is 4.99. The summed E-state index contributed by atoms with van der Waals surface area (Å²) in [5, 5.41) is 16.2. The zero-order valence-electron chi connectivity index (χ0n) is 3.46. The molecule has 6 heavy (non-hydrogen) atoms. The molecule has 0 aliphatic heterocycles. The van der Waals surface area contributed by atoms with Crippen LogP contribution in [0.2, 0.25) is 0 Å². The molecule has 3 heteroatoms. The van der Waals surface area contributed by atoms with E-state index in [1.165, 1.54) is 0 Å². The van der Waals surface area contributed by atoms with E-state index in [1.807, 2.05) is 0 Å². The number of rotatable bonds is 2. The maximum Gasteiger partial charge on any atom is 0.104 e. The van der Waals surface area contributed by atoms with Crippen LogP contribution in [-0.2, 0) is 0 Å². The molecule has 0 amide bonds. The molecule has 0 saturated heterocycles. The van der Waals surface area contributed by atoms with E-state index >= 15 is 0 Å². The predicted molar refractivity (Wildman–Crippen MR) is 21.9 cm³/mol. The first-order chi connectivity index (χ1) is 2.77. The zero-order valence-corrected chi connectivity index (χ0v) is 3.46. The minimum Gasteiger partial charge on any atom is -0.396 e. The highest BCUT2D eigenvalue weighted by atomic mass is 16.3. The fourth-order valence-corrected chi connectivity index (χ4v) is 0.132. The number of aliphatic hydroxyl groups is 2. The Hall–Kier alpha value is -0.120. The van der Waals surface area contributed by atoms with Gasteiger partial charge in [0.2, 0.25) is 0 Å². The molecule has 0 aliphatic rings. The number of nitrogens with two attached hydrogens (primary N) is 1. The molecule has 38 valence electrons. The quantitative estimate of drug-likeness (QED) is 0.368. The highest BCUT2D eigenvalue weighted by molar-refractivity contribution is 4.38. The molecule has 0 unspecified atom stereocenters. The van der Waals surface area contributed by atoms with E-state index in [4.69, 9.17) is 15.9 Å². The fourth-order valence-electron chi connectivity index (χ4n) is 0.132. The lowest BCUT2D eigenvalue weighted by Gasteiger charge is -1.95. The van der Waals surface area contributed by atoms with E-state index in [-0.39, 0.29) is 13.0 Å². The SMILES string of the molecule is N[C@@H](O)CCO. The average molecular weight is 91.1 g/mol. The van der Waals surface area contributed by atoms with Crippen LogP contribution >= 0.6 is 0 Å². The lowest BCUT2D eigenvalue weighted by Crippen LogP contribution is -2.19. The van der Waals surface area contributed by atoms with Crippen LogP contribution in [-0.4, -0.2) is 23.0 Å². The van der Waals surface area contributed by atoms with Crippen molar-refractivity contribution in [3.8, 4) is 0 Å². The molecule has 0 spiro atoms. The smallest absolute Gasteiger partial charge is 0.104 e. The molecule has 0 aromatic carbocycles. The number of hydrogen-bond acceptors (Lipinski definition) is 3. The third-order valence-electron chi connectivity index (χ3n) is 0.425. The molecule has 0 rings (SSSR count). The van der Waals surface area contributed by atoms with E-state index in [0.29, 0.717) is 0 Å². The molecular formula is C3H9NO2. The van der Waals surface area contributed by atoms with Gasteiger partial charge in [0, 0.05) is 13.0 Å². The van der Waals surface area contributed by atoms with E-state index in [1.54, 1.807) is 0 Å². The van der Waals surface area contributed by atoms with Crippen LogP contribution < -0.4 is 5.73 Å². The third-order valence-corrected chi connectivity index (χ3v) is 0.425. The summed E-state index contributed by atoms with van der Waals surface area (Å²) < 4.78 is 0.